The molecule has 2 amide bonds. The highest BCUT2D eigenvalue weighted by Gasteiger charge is 2.27. The number of aliphatic hydroxyl groups is 1. The average Bonchev–Trinajstić information content (AvgIpc) is 3.10. The third kappa shape index (κ3) is 4.41. The van der Waals surface area contributed by atoms with Gasteiger partial charge in [-0.15, -0.1) is 0 Å². The van der Waals surface area contributed by atoms with Crippen LogP contribution in [0.2, 0.25) is 0 Å². The van der Waals surface area contributed by atoms with Gasteiger partial charge in [0.1, 0.15) is 5.82 Å². The fourth-order valence-corrected chi connectivity index (χ4v) is 2.33. The summed E-state index contributed by atoms with van der Waals surface area (Å²) in [5.74, 6) is 0.129. The zero-order valence-corrected chi connectivity index (χ0v) is 13.3. The second kappa shape index (κ2) is 7.88. The van der Waals surface area contributed by atoms with Crippen LogP contribution in [0.25, 0.3) is 0 Å². The molecule has 1 fully saturated rings. The number of carbonyl (C=O) groups is 1. The van der Waals surface area contributed by atoms with Crippen LogP contribution in [-0.4, -0.2) is 40.2 Å². The number of aliphatic hydroxyl groups excluding tert-OH is 1. The largest absolute Gasteiger partial charge is 0.391 e. The number of nitrogens with one attached hydrogen (secondary N) is 2. The molecular weight excluding hydrogens is 328 g/mol. The number of amides is 2. The summed E-state index contributed by atoms with van der Waals surface area (Å²) < 4.78 is 11.7. The Bertz CT molecular complexity index is 780. The molecule has 0 bridgehead atoms. The summed E-state index contributed by atoms with van der Waals surface area (Å²) in [7, 11) is 0. The monoisotopic (exact) mass is 346 g/mol. The van der Waals surface area contributed by atoms with E-state index >= 15 is 0 Å². The van der Waals surface area contributed by atoms with Crippen molar-refractivity contribution in [1.82, 2.24) is 14.9 Å². The molecule has 3 rings (SSSR count). The number of urea groups is 1. The summed E-state index contributed by atoms with van der Waals surface area (Å²) in [6, 6.07) is 10.5. The van der Waals surface area contributed by atoms with Gasteiger partial charge in [-0.1, -0.05) is 30.3 Å². The smallest absolute Gasteiger partial charge is 0.351 e. The maximum Gasteiger partial charge on any atom is 0.351 e. The quantitative estimate of drug-likeness (QED) is 0.723. The number of benzene rings is 1. The molecule has 1 aromatic heterocycles. The van der Waals surface area contributed by atoms with Crippen LogP contribution < -0.4 is 16.3 Å². The van der Waals surface area contributed by atoms with Crippen molar-refractivity contribution >= 4 is 11.8 Å². The fraction of sp³-hybridized carbons (Fsp3) is 0.312. The number of hydrogen-bond donors (Lipinski definition) is 3. The van der Waals surface area contributed by atoms with Crippen LogP contribution in [0, 0.1) is 0 Å². The van der Waals surface area contributed by atoms with Crippen molar-refractivity contribution in [2.75, 3.05) is 18.5 Å². The van der Waals surface area contributed by atoms with Crippen LogP contribution >= 0.6 is 0 Å². The second-order valence-electron chi connectivity index (χ2n) is 5.33. The van der Waals surface area contributed by atoms with Crippen LogP contribution in [0.5, 0.6) is 0 Å². The summed E-state index contributed by atoms with van der Waals surface area (Å²) in [5, 5.41) is 14.2. The van der Waals surface area contributed by atoms with Crippen molar-refractivity contribution in [3.63, 3.8) is 0 Å². The molecule has 9 nitrogen and oxygen atoms in total. The predicted molar refractivity (Wildman–Crippen MR) is 87.7 cm³/mol. The van der Waals surface area contributed by atoms with E-state index in [0.717, 1.165) is 5.56 Å². The van der Waals surface area contributed by atoms with Gasteiger partial charge in [0.05, 0.1) is 13.2 Å². The van der Waals surface area contributed by atoms with E-state index in [1.165, 1.54) is 16.8 Å². The fourth-order valence-electron chi connectivity index (χ4n) is 2.33. The van der Waals surface area contributed by atoms with Gasteiger partial charge in [0.2, 0.25) is 0 Å². The van der Waals surface area contributed by atoms with Gasteiger partial charge in [-0.05, 0) is 11.6 Å². The zero-order valence-electron chi connectivity index (χ0n) is 13.3. The maximum atomic E-state index is 12.1. The van der Waals surface area contributed by atoms with E-state index in [1.807, 2.05) is 30.3 Å². The first-order valence-electron chi connectivity index (χ1n) is 7.71. The highest BCUT2D eigenvalue weighted by atomic mass is 16.7. The molecule has 0 unspecified atom stereocenters. The van der Waals surface area contributed by atoms with Gasteiger partial charge < -0.3 is 19.9 Å². The van der Waals surface area contributed by atoms with E-state index in [4.69, 9.17) is 14.6 Å². The van der Waals surface area contributed by atoms with Gasteiger partial charge in [0.15, 0.2) is 12.5 Å². The Hall–Kier alpha value is -2.75. The first-order valence-corrected chi connectivity index (χ1v) is 7.71. The van der Waals surface area contributed by atoms with Crippen molar-refractivity contribution < 1.29 is 19.4 Å². The van der Waals surface area contributed by atoms with Crippen LogP contribution in [0.15, 0.2) is 47.4 Å². The molecule has 0 saturated carbocycles. The minimum absolute atomic E-state index is 0.129. The van der Waals surface area contributed by atoms with E-state index in [-0.39, 0.29) is 19.0 Å². The van der Waals surface area contributed by atoms with Gasteiger partial charge in [0.25, 0.3) is 0 Å². The van der Waals surface area contributed by atoms with Crippen LogP contribution in [0.4, 0.5) is 10.6 Å². The number of ether oxygens (including phenoxy) is 2. The lowest BCUT2D eigenvalue weighted by molar-refractivity contribution is -0.0992. The van der Waals surface area contributed by atoms with Crippen molar-refractivity contribution in [2.24, 2.45) is 0 Å². The molecule has 1 aliphatic rings. The lowest BCUT2D eigenvalue weighted by Gasteiger charge is -2.13. The van der Waals surface area contributed by atoms with E-state index in [0.29, 0.717) is 6.54 Å². The molecule has 1 aliphatic heterocycles. The maximum absolute atomic E-state index is 12.1. The third-order valence-corrected chi connectivity index (χ3v) is 3.56. The minimum atomic E-state index is -0.751. The standard InChI is InChI=1S/C16H18N4O5/c21-9-14-24-10-13(25-14)20-7-6-12(19-16(20)23)18-15(22)17-8-11-4-2-1-3-5-11/h1-7,13-14,21H,8-10H2,(H2,17,18,19,22,23)/t13-,14-/m0/s1. The number of rotatable bonds is 5. The Morgan fingerprint density at radius 2 is 2.12 bits per heavy atom. The number of carbonyl (C=O) groups excluding carboxylic acids is 1. The Morgan fingerprint density at radius 1 is 1.32 bits per heavy atom. The highest BCUT2D eigenvalue weighted by Crippen LogP contribution is 2.19. The summed E-state index contributed by atoms with van der Waals surface area (Å²) in [6.07, 6.45) is 0.0483. The lowest BCUT2D eigenvalue weighted by atomic mass is 10.2. The van der Waals surface area contributed by atoms with Gasteiger partial charge in [0, 0.05) is 12.7 Å². The molecule has 0 radical (unpaired) electrons. The van der Waals surface area contributed by atoms with Crippen LogP contribution in [0.1, 0.15) is 11.8 Å². The SMILES string of the molecule is O=C(NCc1ccccc1)Nc1ccn([C@@H]2CO[C@H](CO)O2)c(=O)n1. The molecule has 1 saturated heterocycles. The van der Waals surface area contributed by atoms with E-state index in [1.54, 1.807) is 0 Å². The molecule has 2 aromatic rings. The number of hydrogen-bond acceptors (Lipinski definition) is 6. The second-order valence-corrected chi connectivity index (χ2v) is 5.33. The number of aromatic nitrogens is 2. The van der Waals surface area contributed by atoms with Crippen LogP contribution in [-0.2, 0) is 16.0 Å². The van der Waals surface area contributed by atoms with E-state index < -0.39 is 24.2 Å². The normalized spacial score (nSPS) is 19.6. The highest BCUT2D eigenvalue weighted by molar-refractivity contribution is 5.88. The Balaban J connectivity index is 1.57. The number of anilines is 1. The topological polar surface area (TPSA) is 115 Å². The molecule has 3 N–H and O–H groups in total. The molecule has 9 heteroatoms. The number of nitrogens with zero attached hydrogens (tertiary/aromatic N) is 2. The molecular formula is C16H18N4O5. The third-order valence-electron chi connectivity index (χ3n) is 3.56. The molecule has 0 spiro atoms. The summed E-state index contributed by atoms with van der Waals surface area (Å²) >= 11 is 0. The Kier molecular flexibility index (Phi) is 5.39. The summed E-state index contributed by atoms with van der Waals surface area (Å²) in [4.78, 5) is 27.7. The van der Waals surface area contributed by atoms with E-state index in [2.05, 4.69) is 15.6 Å². The van der Waals surface area contributed by atoms with Gasteiger partial charge in [-0.25, -0.2) is 9.59 Å². The minimum Gasteiger partial charge on any atom is -0.391 e. The van der Waals surface area contributed by atoms with Crippen molar-refractivity contribution in [3.8, 4) is 0 Å². The first kappa shape index (κ1) is 17.1. The van der Waals surface area contributed by atoms with Crippen molar-refractivity contribution in [2.45, 2.75) is 19.1 Å². The summed E-state index contributed by atoms with van der Waals surface area (Å²) in [6.45, 7) is 0.205. The van der Waals surface area contributed by atoms with Crippen molar-refractivity contribution in [3.05, 3.63) is 58.6 Å². The predicted octanol–water partition coefficient (Wildman–Crippen LogP) is 0.429. The van der Waals surface area contributed by atoms with Gasteiger partial charge in [-0.3, -0.25) is 9.88 Å². The Morgan fingerprint density at radius 3 is 2.80 bits per heavy atom. The lowest BCUT2D eigenvalue weighted by Crippen LogP contribution is -2.32. The Labute approximate surface area is 143 Å². The molecule has 2 heterocycles. The van der Waals surface area contributed by atoms with E-state index in [9.17, 15) is 9.59 Å². The van der Waals surface area contributed by atoms with Crippen molar-refractivity contribution in [1.29, 1.82) is 0 Å². The molecule has 25 heavy (non-hydrogen) atoms. The molecule has 2 atom stereocenters. The van der Waals surface area contributed by atoms with Gasteiger partial charge in [-0.2, -0.15) is 4.98 Å². The zero-order chi connectivity index (χ0) is 17.6. The molecule has 1 aromatic carbocycles. The first-order chi connectivity index (χ1) is 12.2. The molecule has 0 aliphatic carbocycles. The average molecular weight is 346 g/mol. The van der Waals surface area contributed by atoms with Crippen LogP contribution in [0.3, 0.4) is 0 Å². The summed E-state index contributed by atoms with van der Waals surface area (Å²) in [5.41, 5.74) is 0.367. The van der Waals surface area contributed by atoms with Gasteiger partial charge >= 0.3 is 11.7 Å². The molecule has 132 valence electrons.